The number of aliphatic hydroxyl groups is 1. The van der Waals surface area contributed by atoms with Gasteiger partial charge in [-0.2, -0.15) is 0 Å². The van der Waals surface area contributed by atoms with Gasteiger partial charge >= 0.3 is 5.97 Å². The Morgan fingerprint density at radius 1 is 1.19 bits per heavy atom. The van der Waals surface area contributed by atoms with E-state index < -0.39 is 5.60 Å². The zero-order valence-electron chi connectivity index (χ0n) is 17.0. The normalized spacial score (nSPS) is 20.5. The molecule has 2 rings (SSSR count). The summed E-state index contributed by atoms with van der Waals surface area (Å²) in [5.74, 6) is 0.296. The van der Waals surface area contributed by atoms with Gasteiger partial charge in [0, 0.05) is 12.8 Å². The quantitative estimate of drug-likeness (QED) is 0.286. The van der Waals surface area contributed by atoms with Crippen LogP contribution in [0.15, 0.2) is 53.8 Å². The third-order valence-electron chi connectivity index (χ3n) is 5.22. The molecule has 0 spiro atoms. The Morgan fingerprint density at radius 3 is 2.56 bits per heavy atom. The molecule has 148 valence electrons. The highest BCUT2D eigenvalue weighted by Gasteiger charge is 2.42. The van der Waals surface area contributed by atoms with Gasteiger partial charge in [-0.25, -0.2) is 4.79 Å². The van der Waals surface area contributed by atoms with Crippen molar-refractivity contribution in [3.05, 3.63) is 59.4 Å². The molecule has 1 aliphatic heterocycles. The number of unbranched alkanes of at least 4 members (excludes halogenated alkanes) is 3. The number of allylic oxidation sites excluding steroid dienone is 2. The van der Waals surface area contributed by atoms with Gasteiger partial charge < -0.3 is 9.84 Å². The molecule has 1 unspecified atom stereocenters. The molecule has 0 aliphatic carbocycles. The van der Waals surface area contributed by atoms with Crippen LogP contribution in [0.2, 0.25) is 0 Å². The molecular formula is C24H34O3. The minimum Gasteiger partial charge on any atom is -0.512 e. The lowest BCUT2D eigenvalue weighted by molar-refractivity contribution is -0.162. The molecule has 0 saturated carbocycles. The van der Waals surface area contributed by atoms with Crippen molar-refractivity contribution in [3.8, 4) is 0 Å². The van der Waals surface area contributed by atoms with Gasteiger partial charge in [0.25, 0.3) is 0 Å². The predicted octanol–water partition coefficient (Wildman–Crippen LogP) is 6.60. The number of rotatable bonds is 10. The van der Waals surface area contributed by atoms with E-state index in [4.69, 9.17) is 4.74 Å². The zero-order chi connectivity index (χ0) is 19.7. The molecule has 1 aromatic rings. The van der Waals surface area contributed by atoms with Crippen LogP contribution in [-0.4, -0.2) is 11.1 Å². The second-order valence-corrected chi connectivity index (χ2v) is 7.96. The third-order valence-corrected chi connectivity index (χ3v) is 5.22. The Balaban J connectivity index is 2.16. The second-order valence-electron chi connectivity index (χ2n) is 7.96. The van der Waals surface area contributed by atoms with Gasteiger partial charge in [-0.1, -0.05) is 76.1 Å². The van der Waals surface area contributed by atoms with Gasteiger partial charge in [0.2, 0.25) is 0 Å². The summed E-state index contributed by atoms with van der Waals surface area (Å²) in [5.41, 5.74) is 0.596. The maximum atomic E-state index is 12.7. The molecule has 0 saturated heterocycles. The summed E-state index contributed by atoms with van der Waals surface area (Å²) in [5, 5.41) is 10.7. The fraction of sp³-hybridized carbons (Fsp3) is 0.542. The number of aliphatic hydroxyl groups excluding tert-OH is 1. The fourth-order valence-electron chi connectivity index (χ4n) is 3.51. The fourth-order valence-corrected chi connectivity index (χ4v) is 3.51. The first-order valence-electron chi connectivity index (χ1n) is 10.3. The van der Waals surface area contributed by atoms with Crippen LogP contribution < -0.4 is 0 Å². The number of hydrogen-bond acceptors (Lipinski definition) is 3. The summed E-state index contributed by atoms with van der Waals surface area (Å²) >= 11 is 0. The Hall–Kier alpha value is -2.03. The van der Waals surface area contributed by atoms with Crippen LogP contribution in [-0.2, 0) is 15.1 Å². The molecule has 3 heteroatoms. The van der Waals surface area contributed by atoms with E-state index in [-0.39, 0.29) is 11.7 Å². The molecule has 1 heterocycles. The molecule has 3 nitrogen and oxygen atoms in total. The van der Waals surface area contributed by atoms with Crippen molar-refractivity contribution in [3.63, 3.8) is 0 Å². The second kappa shape index (κ2) is 10.3. The molecule has 0 bridgehead atoms. The maximum absolute atomic E-state index is 12.7. The van der Waals surface area contributed by atoms with E-state index in [0.29, 0.717) is 30.8 Å². The van der Waals surface area contributed by atoms with E-state index in [9.17, 15) is 9.90 Å². The monoisotopic (exact) mass is 370 g/mol. The number of carbonyl (C=O) groups is 1. The standard InChI is InChI=1S/C24H34O3/c1-4-5-6-7-8-12-15-21-22(25)18-24(27-23(21)26,17-16-19(2)3)20-13-10-9-11-14-20/h8-14,19,25H,4-7,15-18H2,1-3H3. The topological polar surface area (TPSA) is 46.5 Å². The first kappa shape index (κ1) is 21.3. The first-order valence-corrected chi connectivity index (χ1v) is 10.3. The van der Waals surface area contributed by atoms with E-state index in [1.165, 1.54) is 12.8 Å². The van der Waals surface area contributed by atoms with Crippen molar-refractivity contribution in [2.75, 3.05) is 0 Å². The van der Waals surface area contributed by atoms with Crippen LogP contribution >= 0.6 is 0 Å². The molecule has 0 aromatic heterocycles. The number of ether oxygens (including phenoxy) is 1. The smallest absolute Gasteiger partial charge is 0.338 e. The Kier molecular flexibility index (Phi) is 8.15. The lowest BCUT2D eigenvalue weighted by Crippen LogP contribution is -2.38. The summed E-state index contributed by atoms with van der Waals surface area (Å²) in [6, 6.07) is 9.83. The lowest BCUT2D eigenvalue weighted by Gasteiger charge is -2.38. The van der Waals surface area contributed by atoms with Crippen molar-refractivity contribution in [2.24, 2.45) is 5.92 Å². The minimum atomic E-state index is -0.763. The number of benzene rings is 1. The van der Waals surface area contributed by atoms with E-state index in [1.807, 2.05) is 36.4 Å². The van der Waals surface area contributed by atoms with Crippen LogP contribution in [0.5, 0.6) is 0 Å². The lowest BCUT2D eigenvalue weighted by atomic mass is 9.81. The molecule has 27 heavy (non-hydrogen) atoms. The van der Waals surface area contributed by atoms with Gasteiger partial charge in [-0.3, -0.25) is 0 Å². The molecule has 1 atom stereocenters. The van der Waals surface area contributed by atoms with E-state index in [0.717, 1.165) is 24.8 Å². The van der Waals surface area contributed by atoms with E-state index in [1.54, 1.807) is 0 Å². The molecular weight excluding hydrogens is 336 g/mol. The third kappa shape index (κ3) is 5.98. The Bertz CT molecular complexity index is 657. The maximum Gasteiger partial charge on any atom is 0.338 e. The summed E-state index contributed by atoms with van der Waals surface area (Å²) < 4.78 is 6.00. The van der Waals surface area contributed by atoms with Crippen molar-refractivity contribution in [1.82, 2.24) is 0 Å². The first-order chi connectivity index (χ1) is 13.0. The highest BCUT2D eigenvalue weighted by atomic mass is 16.6. The average molecular weight is 371 g/mol. The van der Waals surface area contributed by atoms with Crippen molar-refractivity contribution in [2.45, 2.75) is 77.7 Å². The van der Waals surface area contributed by atoms with Gasteiger partial charge in [-0.05, 0) is 37.2 Å². The van der Waals surface area contributed by atoms with Gasteiger partial charge in [0.05, 0.1) is 5.57 Å². The highest BCUT2D eigenvalue weighted by Crippen LogP contribution is 2.42. The summed E-state index contributed by atoms with van der Waals surface area (Å²) in [6.07, 6.45) is 11.1. The van der Waals surface area contributed by atoms with Crippen molar-refractivity contribution < 1.29 is 14.6 Å². The van der Waals surface area contributed by atoms with Crippen LogP contribution in [0.1, 0.15) is 77.7 Å². The number of hydrogen-bond donors (Lipinski definition) is 1. The SMILES string of the molecule is CCCCCC=CCC1=C(O)CC(CCC(C)C)(c2ccccc2)OC1=O. The predicted molar refractivity (Wildman–Crippen MR) is 110 cm³/mol. The zero-order valence-corrected chi connectivity index (χ0v) is 17.0. The molecule has 0 fully saturated rings. The Morgan fingerprint density at radius 2 is 1.93 bits per heavy atom. The van der Waals surface area contributed by atoms with E-state index in [2.05, 4.69) is 26.8 Å². The number of esters is 1. The summed E-state index contributed by atoms with van der Waals surface area (Å²) in [4.78, 5) is 12.7. The van der Waals surface area contributed by atoms with Crippen molar-refractivity contribution >= 4 is 5.97 Å². The summed E-state index contributed by atoms with van der Waals surface area (Å²) in [7, 11) is 0. The number of cyclic esters (lactones) is 1. The van der Waals surface area contributed by atoms with Crippen LogP contribution in [0.25, 0.3) is 0 Å². The van der Waals surface area contributed by atoms with Crippen LogP contribution in [0, 0.1) is 5.92 Å². The number of carbonyl (C=O) groups excluding carboxylic acids is 1. The van der Waals surface area contributed by atoms with Gasteiger partial charge in [0.15, 0.2) is 0 Å². The van der Waals surface area contributed by atoms with Crippen molar-refractivity contribution in [1.29, 1.82) is 0 Å². The van der Waals surface area contributed by atoms with Crippen LogP contribution in [0.3, 0.4) is 0 Å². The molecule has 0 amide bonds. The molecule has 1 N–H and O–H groups in total. The van der Waals surface area contributed by atoms with Gasteiger partial charge in [0.1, 0.15) is 11.4 Å². The largest absolute Gasteiger partial charge is 0.512 e. The highest BCUT2D eigenvalue weighted by molar-refractivity contribution is 5.90. The molecule has 0 radical (unpaired) electrons. The minimum absolute atomic E-state index is 0.178. The van der Waals surface area contributed by atoms with E-state index >= 15 is 0 Å². The summed E-state index contributed by atoms with van der Waals surface area (Å²) in [6.45, 7) is 6.50. The average Bonchev–Trinajstić information content (AvgIpc) is 2.65. The van der Waals surface area contributed by atoms with Crippen LogP contribution in [0.4, 0.5) is 0 Å². The Labute approximate surface area is 164 Å². The van der Waals surface area contributed by atoms with Gasteiger partial charge in [-0.15, -0.1) is 0 Å². The molecule has 1 aromatic carbocycles. The molecule has 1 aliphatic rings.